The maximum absolute atomic E-state index is 13.7. The molecule has 0 heterocycles. The van der Waals surface area contributed by atoms with Gasteiger partial charge in [-0.3, -0.25) is 0 Å². The molecule has 0 aromatic heterocycles. The molecule has 1 fully saturated rings. The number of hydrogen-bond donors (Lipinski definition) is 1. The Morgan fingerprint density at radius 1 is 1.33 bits per heavy atom. The van der Waals surface area contributed by atoms with Gasteiger partial charge in [0.05, 0.1) is 0 Å². The van der Waals surface area contributed by atoms with Crippen LogP contribution in [0.3, 0.4) is 0 Å². The van der Waals surface area contributed by atoms with Crippen molar-refractivity contribution in [2.45, 2.75) is 45.4 Å². The summed E-state index contributed by atoms with van der Waals surface area (Å²) >= 11 is 0. The van der Waals surface area contributed by atoms with Gasteiger partial charge in [0.2, 0.25) is 0 Å². The Bertz CT molecular complexity index is 402. The maximum Gasteiger partial charge on any atom is 0.126 e. The van der Waals surface area contributed by atoms with E-state index in [0.29, 0.717) is 11.8 Å². The van der Waals surface area contributed by atoms with E-state index in [0.717, 1.165) is 23.6 Å². The van der Waals surface area contributed by atoms with Crippen LogP contribution >= 0.6 is 0 Å². The quantitative estimate of drug-likeness (QED) is 0.860. The number of benzene rings is 1. The fourth-order valence-corrected chi connectivity index (χ4v) is 3.22. The van der Waals surface area contributed by atoms with E-state index in [-0.39, 0.29) is 5.82 Å². The monoisotopic (exact) mass is 249 g/mol. The molecule has 2 heteroatoms. The van der Waals surface area contributed by atoms with Crippen LogP contribution in [0.5, 0.6) is 0 Å². The highest BCUT2D eigenvalue weighted by atomic mass is 19.1. The zero-order chi connectivity index (χ0) is 13.1. The molecule has 1 nitrogen and oxygen atoms in total. The van der Waals surface area contributed by atoms with Gasteiger partial charge in [-0.2, -0.15) is 0 Å². The van der Waals surface area contributed by atoms with Crippen LogP contribution in [0, 0.1) is 24.6 Å². The second-order valence-electron chi connectivity index (χ2n) is 5.70. The molecule has 0 spiro atoms. The van der Waals surface area contributed by atoms with Crippen molar-refractivity contribution < 1.29 is 4.39 Å². The smallest absolute Gasteiger partial charge is 0.126 e. The second kappa shape index (κ2) is 5.83. The molecule has 1 aliphatic carbocycles. The van der Waals surface area contributed by atoms with Gasteiger partial charge in [-0.25, -0.2) is 4.39 Å². The van der Waals surface area contributed by atoms with Crippen molar-refractivity contribution >= 4 is 0 Å². The lowest BCUT2D eigenvalue weighted by atomic mass is 9.70. The lowest BCUT2D eigenvalue weighted by Crippen LogP contribution is -2.29. The lowest BCUT2D eigenvalue weighted by Gasteiger charge is -2.35. The summed E-state index contributed by atoms with van der Waals surface area (Å²) in [5, 5.41) is 0. The summed E-state index contributed by atoms with van der Waals surface area (Å²) in [6.07, 6.45) is 4.86. The van der Waals surface area contributed by atoms with Gasteiger partial charge in [-0.1, -0.05) is 31.9 Å². The van der Waals surface area contributed by atoms with E-state index in [1.54, 1.807) is 6.07 Å². The first kappa shape index (κ1) is 13.5. The van der Waals surface area contributed by atoms with Crippen molar-refractivity contribution in [3.8, 4) is 0 Å². The van der Waals surface area contributed by atoms with Crippen molar-refractivity contribution in [3.05, 3.63) is 35.1 Å². The van der Waals surface area contributed by atoms with Gasteiger partial charge < -0.3 is 5.73 Å². The summed E-state index contributed by atoms with van der Waals surface area (Å²) in [6, 6.07) is 5.71. The van der Waals surface area contributed by atoms with Crippen LogP contribution in [0.1, 0.15) is 49.7 Å². The van der Waals surface area contributed by atoms with Gasteiger partial charge in [0, 0.05) is 0 Å². The first-order chi connectivity index (χ1) is 8.65. The fraction of sp³-hybridized carbons (Fsp3) is 0.625. The van der Waals surface area contributed by atoms with E-state index < -0.39 is 0 Å². The molecule has 0 radical (unpaired) electrons. The number of rotatable bonds is 3. The summed E-state index contributed by atoms with van der Waals surface area (Å²) in [6.45, 7) is 4.78. The molecule has 3 atom stereocenters. The van der Waals surface area contributed by atoms with Crippen LogP contribution in [0.2, 0.25) is 0 Å². The normalized spacial score (nSPS) is 28.3. The number of halogens is 1. The summed E-state index contributed by atoms with van der Waals surface area (Å²) < 4.78 is 13.7. The molecule has 1 saturated carbocycles. The molecule has 2 N–H and O–H groups in total. The lowest BCUT2D eigenvalue weighted by molar-refractivity contribution is 0.235. The Hall–Kier alpha value is -0.890. The Morgan fingerprint density at radius 2 is 2.11 bits per heavy atom. The minimum atomic E-state index is -0.0816. The highest BCUT2D eigenvalue weighted by Gasteiger charge is 2.30. The van der Waals surface area contributed by atoms with Crippen LogP contribution in [0.15, 0.2) is 18.2 Å². The van der Waals surface area contributed by atoms with Crippen LogP contribution < -0.4 is 5.73 Å². The van der Waals surface area contributed by atoms with E-state index in [1.165, 1.54) is 25.7 Å². The third-order valence-corrected chi connectivity index (χ3v) is 4.61. The molecule has 0 saturated heterocycles. The molecular weight excluding hydrogens is 225 g/mol. The molecule has 100 valence electrons. The van der Waals surface area contributed by atoms with Crippen LogP contribution in [0.4, 0.5) is 4.39 Å². The molecule has 3 unspecified atom stereocenters. The predicted octanol–water partition coefficient (Wildman–Crippen LogP) is 4.00. The number of hydrogen-bond acceptors (Lipinski definition) is 1. The van der Waals surface area contributed by atoms with Crippen molar-refractivity contribution in [1.82, 2.24) is 0 Å². The first-order valence-corrected chi connectivity index (χ1v) is 7.11. The largest absolute Gasteiger partial charge is 0.330 e. The topological polar surface area (TPSA) is 26.0 Å². The third kappa shape index (κ3) is 2.74. The van der Waals surface area contributed by atoms with Crippen LogP contribution in [0.25, 0.3) is 0 Å². The van der Waals surface area contributed by atoms with Gasteiger partial charge in [0.1, 0.15) is 5.82 Å². The van der Waals surface area contributed by atoms with E-state index in [9.17, 15) is 4.39 Å². The highest BCUT2D eigenvalue weighted by Crippen LogP contribution is 2.41. The summed E-state index contributed by atoms with van der Waals surface area (Å²) in [5.41, 5.74) is 7.76. The minimum Gasteiger partial charge on any atom is -0.330 e. The first-order valence-electron chi connectivity index (χ1n) is 7.11. The van der Waals surface area contributed by atoms with Gasteiger partial charge in [-0.15, -0.1) is 0 Å². The summed E-state index contributed by atoms with van der Waals surface area (Å²) in [7, 11) is 0. The molecule has 1 aliphatic rings. The van der Waals surface area contributed by atoms with E-state index in [4.69, 9.17) is 5.73 Å². The fourth-order valence-electron chi connectivity index (χ4n) is 3.22. The van der Waals surface area contributed by atoms with Crippen LogP contribution in [-0.2, 0) is 0 Å². The molecule has 0 bridgehead atoms. The van der Waals surface area contributed by atoms with Gasteiger partial charge in [0.15, 0.2) is 0 Å². The third-order valence-electron chi connectivity index (χ3n) is 4.61. The van der Waals surface area contributed by atoms with Crippen molar-refractivity contribution in [2.75, 3.05) is 6.54 Å². The van der Waals surface area contributed by atoms with Crippen molar-refractivity contribution in [1.29, 1.82) is 0 Å². The minimum absolute atomic E-state index is 0.0816. The molecule has 0 amide bonds. The summed E-state index contributed by atoms with van der Waals surface area (Å²) in [5.74, 6) is 1.67. The molecule has 18 heavy (non-hydrogen) atoms. The molecule has 0 aliphatic heterocycles. The SMILES string of the molecule is CCC1CCC(CN)C(c2ccc(C)c(F)c2)C1. The molecule has 1 aromatic carbocycles. The van der Waals surface area contributed by atoms with Gasteiger partial charge >= 0.3 is 0 Å². The zero-order valence-electron chi connectivity index (χ0n) is 11.5. The number of nitrogens with two attached hydrogens (primary N) is 1. The second-order valence-corrected chi connectivity index (χ2v) is 5.70. The Morgan fingerprint density at radius 3 is 2.72 bits per heavy atom. The Balaban J connectivity index is 2.23. The predicted molar refractivity (Wildman–Crippen MR) is 74.1 cm³/mol. The Labute approximate surface area is 110 Å². The van der Waals surface area contributed by atoms with Crippen molar-refractivity contribution in [3.63, 3.8) is 0 Å². The Kier molecular flexibility index (Phi) is 4.39. The molecule has 1 aromatic rings. The van der Waals surface area contributed by atoms with E-state index in [1.807, 2.05) is 13.0 Å². The van der Waals surface area contributed by atoms with Gasteiger partial charge in [-0.05, 0) is 61.3 Å². The standard InChI is InChI=1S/C16H24FN/c1-3-12-5-7-14(10-18)15(8-12)13-6-4-11(2)16(17)9-13/h4,6,9,12,14-15H,3,5,7-8,10,18H2,1-2H3. The maximum atomic E-state index is 13.7. The van der Waals surface area contributed by atoms with E-state index >= 15 is 0 Å². The van der Waals surface area contributed by atoms with Crippen molar-refractivity contribution in [2.24, 2.45) is 17.6 Å². The average Bonchev–Trinajstić information content (AvgIpc) is 2.41. The zero-order valence-corrected chi connectivity index (χ0v) is 11.5. The van der Waals surface area contributed by atoms with Gasteiger partial charge in [0.25, 0.3) is 0 Å². The van der Waals surface area contributed by atoms with E-state index in [2.05, 4.69) is 13.0 Å². The van der Waals surface area contributed by atoms with Crippen LogP contribution in [-0.4, -0.2) is 6.54 Å². The number of aryl methyl sites for hydroxylation is 1. The summed E-state index contributed by atoms with van der Waals surface area (Å²) in [4.78, 5) is 0. The molecule has 2 rings (SSSR count). The molecular formula is C16H24FN. The highest BCUT2D eigenvalue weighted by molar-refractivity contribution is 5.27. The average molecular weight is 249 g/mol.